The van der Waals surface area contributed by atoms with Gasteiger partial charge in [-0.05, 0) is 52.4 Å². The Balaban J connectivity index is 2.01. The standard InChI is InChI=1S/C25H26O3/c1-17(2)19-5-7-20(8-6-19)25(21-9-13-23(27-4)14-10-21)22-11-15-24(16-12-22)28-18(3)26/h5-17,25H,1-4H3. The zero-order chi connectivity index (χ0) is 20.1. The van der Waals surface area contributed by atoms with Crippen molar-refractivity contribution >= 4 is 5.97 Å². The molecule has 0 radical (unpaired) electrons. The highest BCUT2D eigenvalue weighted by molar-refractivity contribution is 5.69. The van der Waals surface area contributed by atoms with Gasteiger partial charge in [0.15, 0.2) is 0 Å². The highest BCUT2D eigenvalue weighted by Gasteiger charge is 2.17. The molecular weight excluding hydrogens is 348 g/mol. The highest BCUT2D eigenvalue weighted by atomic mass is 16.5. The molecule has 0 heterocycles. The Morgan fingerprint density at radius 2 is 1.07 bits per heavy atom. The maximum atomic E-state index is 11.2. The van der Waals surface area contributed by atoms with E-state index in [0.717, 1.165) is 11.3 Å². The number of carbonyl (C=O) groups is 1. The molecular formula is C25H26O3. The van der Waals surface area contributed by atoms with Crippen molar-refractivity contribution in [3.8, 4) is 11.5 Å². The summed E-state index contributed by atoms with van der Waals surface area (Å²) in [5.41, 5.74) is 4.86. The molecule has 0 bridgehead atoms. The van der Waals surface area contributed by atoms with Gasteiger partial charge in [0.2, 0.25) is 0 Å². The number of ether oxygens (including phenoxy) is 2. The first-order valence-corrected chi connectivity index (χ1v) is 9.50. The normalized spacial score (nSPS) is 11.9. The van der Waals surface area contributed by atoms with Gasteiger partial charge in [-0.1, -0.05) is 62.4 Å². The average Bonchev–Trinajstić information content (AvgIpc) is 2.70. The fourth-order valence-electron chi connectivity index (χ4n) is 3.34. The molecule has 3 rings (SSSR count). The van der Waals surface area contributed by atoms with Crippen molar-refractivity contribution in [2.45, 2.75) is 32.6 Å². The predicted octanol–water partition coefficient (Wildman–Crippen LogP) is 5.92. The van der Waals surface area contributed by atoms with Gasteiger partial charge in [0.05, 0.1) is 7.11 Å². The minimum absolute atomic E-state index is 0.0819. The second-order valence-electron chi connectivity index (χ2n) is 7.19. The number of carbonyl (C=O) groups excluding carboxylic acids is 1. The lowest BCUT2D eigenvalue weighted by Crippen LogP contribution is -2.05. The number of benzene rings is 3. The molecule has 3 heteroatoms. The first-order valence-electron chi connectivity index (χ1n) is 9.50. The van der Waals surface area contributed by atoms with Crippen LogP contribution in [-0.4, -0.2) is 13.1 Å². The zero-order valence-electron chi connectivity index (χ0n) is 16.8. The van der Waals surface area contributed by atoms with E-state index < -0.39 is 0 Å². The Hall–Kier alpha value is -3.07. The second-order valence-corrected chi connectivity index (χ2v) is 7.19. The average molecular weight is 374 g/mol. The van der Waals surface area contributed by atoms with E-state index in [9.17, 15) is 4.79 Å². The lowest BCUT2D eigenvalue weighted by atomic mass is 9.84. The summed E-state index contributed by atoms with van der Waals surface area (Å²) in [6.07, 6.45) is 0. The van der Waals surface area contributed by atoms with E-state index in [2.05, 4.69) is 50.2 Å². The number of methoxy groups -OCH3 is 1. The fourth-order valence-corrected chi connectivity index (χ4v) is 3.34. The minimum Gasteiger partial charge on any atom is -0.497 e. The smallest absolute Gasteiger partial charge is 0.308 e. The van der Waals surface area contributed by atoms with Crippen molar-refractivity contribution in [1.29, 1.82) is 0 Å². The minimum atomic E-state index is -0.316. The van der Waals surface area contributed by atoms with Gasteiger partial charge in [-0.2, -0.15) is 0 Å². The molecule has 0 amide bonds. The van der Waals surface area contributed by atoms with Crippen molar-refractivity contribution in [1.82, 2.24) is 0 Å². The van der Waals surface area contributed by atoms with Gasteiger partial charge in [-0.25, -0.2) is 0 Å². The maximum absolute atomic E-state index is 11.2. The molecule has 28 heavy (non-hydrogen) atoms. The molecule has 144 valence electrons. The topological polar surface area (TPSA) is 35.5 Å². The number of hydrogen-bond donors (Lipinski definition) is 0. The van der Waals surface area contributed by atoms with Gasteiger partial charge >= 0.3 is 5.97 Å². The molecule has 1 atom stereocenters. The number of hydrogen-bond acceptors (Lipinski definition) is 3. The first-order chi connectivity index (χ1) is 13.5. The lowest BCUT2D eigenvalue weighted by molar-refractivity contribution is -0.131. The molecule has 0 spiro atoms. The molecule has 0 saturated carbocycles. The van der Waals surface area contributed by atoms with Crippen molar-refractivity contribution in [3.05, 3.63) is 95.1 Å². The molecule has 3 nitrogen and oxygen atoms in total. The van der Waals surface area contributed by atoms with Crippen molar-refractivity contribution in [3.63, 3.8) is 0 Å². The van der Waals surface area contributed by atoms with Gasteiger partial charge < -0.3 is 9.47 Å². The van der Waals surface area contributed by atoms with Crippen molar-refractivity contribution in [2.75, 3.05) is 7.11 Å². The first kappa shape index (κ1) is 19.7. The fraction of sp³-hybridized carbons (Fsp3) is 0.240. The van der Waals surface area contributed by atoms with Crippen LogP contribution in [0.5, 0.6) is 11.5 Å². The molecule has 0 aliphatic carbocycles. The second kappa shape index (κ2) is 8.75. The van der Waals surface area contributed by atoms with Crippen LogP contribution in [0.2, 0.25) is 0 Å². The van der Waals surface area contributed by atoms with Crippen LogP contribution in [-0.2, 0) is 4.79 Å². The summed E-state index contributed by atoms with van der Waals surface area (Å²) in [6, 6.07) is 24.7. The summed E-state index contributed by atoms with van der Waals surface area (Å²) < 4.78 is 10.5. The quantitative estimate of drug-likeness (QED) is 0.305. The predicted molar refractivity (Wildman–Crippen MR) is 112 cm³/mol. The molecule has 0 fully saturated rings. The third-order valence-electron chi connectivity index (χ3n) is 4.86. The third kappa shape index (κ3) is 4.61. The maximum Gasteiger partial charge on any atom is 0.308 e. The van der Waals surface area contributed by atoms with Crippen LogP contribution in [0.15, 0.2) is 72.8 Å². The van der Waals surface area contributed by atoms with Crippen LogP contribution >= 0.6 is 0 Å². The number of rotatable bonds is 6. The van der Waals surface area contributed by atoms with Crippen LogP contribution in [0, 0.1) is 0 Å². The summed E-state index contributed by atoms with van der Waals surface area (Å²) in [5.74, 6) is 1.65. The summed E-state index contributed by atoms with van der Waals surface area (Å²) in [6.45, 7) is 5.80. The Bertz CT molecular complexity index is 908. The van der Waals surface area contributed by atoms with E-state index in [4.69, 9.17) is 9.47 Å². The Labute approximate surface area is 166 Å². The van der Waals surface area contributed by atoms with E-state index in [-0.39, 0.29) is 11.9 Å². The molecule has 0 aliphatic rings. The Morgan fingerprint density at radius 1 is 0.679 bits per heavy atom. The highest BCUT2D eigenvalue weighted by Crippen LogP contribution is 2.34. The van der Waals surface area contributed by atoms with Gasteiger partial charge in [0.1, 0.15) is 11.5 Å². The van der Waals surface area contributed by atoms with E-state index in [1.165, 1.54) is 23.6 Å². The summed E-state index contributed by atoms with van der Waals surface area (Å²) >= 11 is 0. The molecule has 0 saturated heterocycles. The van der Waals surface area contributed by atoms with Crippen LogP contribution in [0.1, 0.15) is 54.9 Å². The molecule has 3 aromatic carbocycles. The van der Waals surface area contributed by atoms with Crippen molar-refractivity contribution in [2.24, 2.45) is 0 Å². The molecule has 0 N–H and O–H groups in total. The molecule has 0 aromatic heterocycles. The van der Waals surface area contributed by atoms with E-state index in [1.807, 2.05) is 36.4 Å². The molecule has 1 unspecified atom stereocenters. The largest absolute Gasteiger partial charge is 0.497 e. The zero-order valence-corrected chi connectivity index (χ0v) is 16.8. The van der Waals surface area contributed by atoms with Crippen LogP contribution in [0.3, 0.4) is 0 Å². The Morgan fingerprint density at radius 3 is 1.46 bits per heavy atom. The van der Waals surface area contributed by atoms with Crippen LogP contribution in [0.25, 0.3) is 0 Å². The van der Waals surface area contributed by atoms with Crippen LogP contribution < -0.4 is 9.47 Å². The van der Waals surface area contributed by atoms with Gasteiger partial charge in [0.25, 0.3) is 0 Å². The van der Waals surface area contributed by atoms with Gasteiger partial charge in [0, 0.05) is 12.8 Å². The summed E-state index contributed by atoms with van der Waals surface area (Å²) in [7, 11) is 1.67. The lowest BCUT2D eigenvalue weighted by Gasteiger charge is -2.20. The SMILES string of the molecule is COc1ccc(C(c2ccc(OC(C)=O)cc2)c2ccc(C(C)C)cc2)cc1. The monoisotopic (exact) mass is 374 g/mol. The van der Waals surface area contributed by atoms with E-state index >= 15 is 0 Å². The Kier molecular flexibility index (Phi) is 6.15. The van der Waals surface area contributed by atoms with E-state index in [0.29, 0.717) is 11.7 Å². The van der Waals surface area contributed by atoms with Gasteiger partial charge in [-0.3, -0.25) is 4.79 Å². The van der Waals surface area contributed by atoms with Crippen LogP contribution in [0.4, 0.5) is 0 Å². The van der Waals surface area contributed by atoms with Crippen molar-refractivity contribution < 1.29 is 14.3 Å². The number of esters is 1. The molecule has 0 aliphatic heterocycles. The summed E-state index contributed by atoms with van der Waals surface area (Å²) in [4.78, 5) is 11.2. The van der Waals surface area contributed by atoms with E-state index in [1.54, 1.807) is 7.11 Å². The molecule has 3 aromatic rings. The third-order valence-corrected chi connectivity index (χ3v) is 4.86. The summed E-state index contributed by atoms with van der Waals surface area (Å²) in [5, 5.41) is 0. The van der Waals surface area contributed by atoms with Gasteiger partial charge in [-0.15, -0.1) is 0 Å².